The Morgan fingerprint density at radius 3 is 3.05 bits per heavy atom. The summed E-state index contributed by atoms with van der Waals surface area (Å²) >= 11 is 1.14. The standard InChI is InChI=1S/C11H17N3O4S2/c1-20(17,18)13-11-12-8(7-19-11)5-10(16)14-4-2-3-9(15)6-14/h7,9,15H,2-6H2,1H3,(H,12,13)/t9-/m0/s1. The van der Waals surface area contributed by atoms with Crippen molar-refractivity contribution >= 4 is 32.4 Å². The van der Waals surface area contributed by atoms with Crippen LogP contribution in [0.1, 0.15) is 18.5 Å². The van der Waals surface area contributed by atoms with E-state index < -0.39 is 16.1 Å². The number of sulfonamides is 1. The largest absolute Gasteiger partial charge is 0.391 e. The number of aromatic nitrogens is 1. The summed E-state index contributed by atoms with van der Waals surface area (Å²) in [6, 6.07) is 0. The third-order valence-corrected chi connectivity index (χ3v) is 4.41. The number of carbonyl (C=O) groups is 1. The van der Waals surface area contributed by atoms with Crippen LogP contribution in [0.25, 0.3) is 0 Å². The van der Waals surface area contributed by atoms with E-state index >= 15 is 0 Å². The molecule has 1 aliphatic heterocycles. The van der Waals surface area contributed by atoms with Gasteiger partial charge in [0.05, 0.1) is 24.5 Å². The minimum absolute atomic E-state index is 0.0973. The first-order valence-electron chi connectivity index (χ1n) is 6.21. The Balaban J connectivity index is 1.94. The van der Waals surface area contributed by atoms with Gasteiger partial charge in [0.1, 0.15) is 0 Å². The molecule has 0 aromatic carbocycles. The SMILES string of the molecule is CS(=O)(=O)Nc1nc(CC(=O)N2CCC[C@H](O)C2)cs1. The molecule has 20 heavy (non-hydrogen) atoms. The Bertz CT molecular complexity index is 584. The van der Waals surface area contributed by atoms with Gasteiger partial charge in [-0.25, -0.2) is 13.4 Å². The molecule has 1 aromatic rings. The number of likely N-dealkylation sites (tertiary alicyclic amines) is 1. The molecule has 2 N–H and O–H groups in total. The molecule has 7 nitrogen and oxygen atoms in total. The van der Waals surface area contributed by atoms with Crippen LogP contribution in [-0.4, -0.2) is 54.8 Å². The van der Waals surface area contributed by atoms with Crippen LogP contribution in [0, 0.1) is 0 Å². The molecule has 9 heteroatoms. The molecule has 1 amide bonds. The van der Waals surface area contributed by atoms with E-state index in [4.69, 9.17) is 0 Å². The fourth-order valence-electron chi connectivity index (χ4n) is 2.04. The molecule has 0 aliphatic carbocycles. The molecule has 0 saturated carbocycles. The predicted molar refractivity (Wildman–Crippen MR) is 76.1 cm³/mol. The number of hydrogen-bond acceptors (Lipinski definition) is 6. The second-order valence-corrected chi connectivity index (χ2v) is 7.44. The average Bonchev–Trinajstić information content (AvgIpc) is 2.74. The number of thiazole rings is 1. The maximum absolute atomic E-state index is 12.0. The van der Waals surface area contributed by atoms with Gasteiger partial charge >= 0.3 is 0 Å². The summed E-state index contributed by atoms with van der Waals surface area (Å²) in [6.45, 7) is 1.01. The predicted octanol–water partition coefficient (Wildman–Crippen LogP) is 0.0404. The van der Waals surface area contributed by atoms with Crippen LogP contribution in [-0.2, 0) is 21.2 Å². The van der Waals surface area contributed by atoms with E-state index in [1.807, 2.05) is 0 Å². The third kappa shape index (κ3) is 4.43. The molecule has 1 saturated heterocycles. The number of amides is 1. The second-order valence-electron chi connectivity index (χ2n) is 4.83. The minimum atomic E-state index is -3.35. The van der Waals surface area contributed by atoms with E-state index in [1.54, 1.807) is 10.3 Å². The number of nitrogens with one attached hydrogen (secondary N) is 1. The van der Waals surface area contributed by atoms with Crippen LogP contribution in [0.2, 0.25) is 0 Å². The topological polar surface area (TPSA) is 99.6 Å². The molecule has 0 bridgehead atoms. The summed E-state index contributed by atoms with van der Waals surface area (Å²) in [5, 5.41) is 11.5. The molecule has 1 aliphatic rings. The molecule has 112 valence electrons. The first kappa shape index (κ1) is 15.2. The zero-order valence-electron chi connectivity index (χ0n) is 11.1. The van der Waals surface area contributed by atoms with E-state index in [0.717, 1.165) is 30.4 Å². The van der Waals surface area contributed by atoms with E-state index in [1.165, 1.54) is 0 Å². The highest BCUT2D eigenvalue weighted by Crippen LogP contribution is 2.18. The number of aliphatic hydroxyl groups is 1. The van der Waals surface area contributed by atoms with Crippen LogP contribution >= 0.6 is 11.3 Å². The van der Waals surface area contributed by atoms with Gasteiger partial charge in [0.25, 0.3) is 0 Å². The molecule has 2 rings (SSSR count). The lowest BCUT2D eigenvalue weighted by Crippen LogP contribution is -2.42. The molecule has 0 radical (unpaired) electrons. The number of anilines is 1. The smallest absolute Gasteiger partial charge is 0.231 e. The van der Waals surface area contributed by atoms with Crippen molar-refractivity contribution in [2.75, 3.05) is 24.1 Å². The van der Waals surface area contributed by atoms with Gasteiger partial charge < -0.3 is 10.0 Å². The van der Waals surface area contributed by atoms with Crippen molar-refractivity contribution in [3.05, 3.63) is 11.1 Å². The molecular formula is C11H17N3O4S2. The van der Waals surface area contributed by atoms with Gasteiger partial charge in [-0.3, -0.25) is 9.52 Å². The Kier molecular flexibility index (Phi) is 4.61. The number of nitrogens with zero attached hydrogens (tertiary/aromatic N) is 2. The van der Waals surface area contributed by atoms with Crippen LogP contribution < -0.4 is 4.72 Å². The van der Waals surface area contributed by atoms with Gasteiger partial charge in [-0.2, -0.15) is 0 Å². The van der Waals surface area contributed by atoms with E-state index in [2.05, 4.69) is 9.71 Å². The molecular weight excluding hydrogens is 302 g/mol. The van der Waals surface area contributed by atoms with Gasteiger partial charge in [-0.15, -0.1) is 11.3 Å². The molecule has 1 aromatic heterocycles. The molecule has 2 heterocycles. The summed E-state index contributed by atoms with van der Waals surface area (Å²) in [5.41, 5.74) is 0.534. The normalized spacial score (nSPS) is 19.9. The van der Waals surface area contributed by atoms with Crippen molar-refractivity contribution in [3.63, 3.8) is 0 Å². The summed E-state index contributed by atoms with van der Waals surface area (Å²) in [7, 11) is -3.35. The Morgan fingerprint density at radius 1 is 1.65 bits per heavy atom. The van der Waals surface area contributed by atoms with Gasteiger partial charge in [-0.1, -0.05) is 0 Å². The van der Waals surface area contributed by atoms with Gasteiger partial charge in [0.2, 0.25) is 15.9 Å². The summed E-state index contributed by atoms with van der Waals surface area (Å²) in [6.07, 6.45) is 2.24. The third-order valence-electron chi connectivity index (χ3n) is 2.91. The quantitative estimate of drug-likeness (QED) is 0.816. The monoisotopic (exact) mass is 319 g/mol. The summed E-state index contributed by atoms with van der Waals surface area (Å²) < 4.78 is 24.4. The van der Waals surface area contributed by atoms with Crippen molar-refractivity contribution in [2.45, 2.75) is 25.4 Å². The van der Waals surface area contributed by atoms with Crippen molar-refractivity contribution in [2.24, 2.45) is 0 Å². The van der Waals surface area contributed by atoms with Gasteiger partial charge in [-0.05, 0) is 12.8 Å². The highest BCUT2D eigenvalue weighted by atomic mass is 32.2. The highest BCUT2D eigenvalue weighted by Gasteiger charge is 2.22. The Labute approximate surface area is 121 Å². The fourth-order valence-corrected chi connectivity index (χ4v) is 3.60. The number of hydrogen-bond donors (Lipinski definition) is 2. The molecule has 0 unspecified atom stereocenters. The molecule has 1 fully saturated rings. The Morgan fingerprint density at radius 2 is 2.40 bits per heavy atom. The highest BCUT2D eigenvalue weighted by molar-refractivity contribution is 7.92. The zero-order chi connectivity index (χ0) is 14.8. The summed E-state index contributed by atoms with van der Waals surface area (Å²) in [5.74, 6) is -0.0973. The fraction of sp³-hybridized carbons (Fsp3) is 0.636. The van der Waals surface area contributed by atoms with E-state index in [0.29, 0.717) is 18.8 Å². The first-order chi connectivity index (χ1) is 9.33. The van der Waals surface area contributed by atoms with Crippen molar-refractivity contribution in [3.8, 4) is 0 Å². The van der Waals surface area contributed by atoms with Crippen molar-refractivity contribution in [1.29, 1.82) is 0 Å². The molecule has 0 spiro atoms. The number of carbonyl (C=O) groups excluding carboxylic acids is 1. The van der Waals surface area contributed by atoms with Crippen molar-refractivity contribution < 1.29 is 18.3 Å². The molecule has 1 atom stereocenters. The average molecular weight is 319 g/mol. The minimum Gasteiger partial charge on any atom is -0.391 e. The number of aliphatic hydroxyl groups excluding tert-OH is 1. The second kappa shape index (κ2) is 6.06. The maximum atomic E-state index is 12.0. The lowest BCUT2D eigenvalue weighted by Gasteiger charge is -2.29. The first-order valence-corrected chi connectivity index (χ1v) is 8.98. The number of β-amino-alcohol motifs (C(OH)–C–C–N with tert-alkyl or cyclic N) is 1. The van der Waals surface area contributed by atoms with E-state index in [9.17, 15) is 18.3 Å². The van der Waals surface area contributed by atoms with Crippen LogP contribution in [0.15, 0.2) is 5.38 Å². The van der Waals surface area contributed by atoms with E-state index in [-0.39, 0.29) is 17.5 Å². The lowest BCUT2D eigenvalue weighted by molar-refractivity contribution is -0.133. The number of rotatable bonds is 4. The summed E-state index contributed by atoms with van der Waals surface area (Å²) in [4.78, 5) is 17.7. The van der Waals surface area contributed by atoms with Crippen LogP contribution in [0.5, 0.6) is 0 Å². The van der Waals surface area contributed by atoms with Crippen molar-refractivity contribution in [1.82, 2.24) is 9.88 Å². The Hall–Kier alpha value is -1.19. The zero-order valence-corrected chi connectivity index (χ0v) is 12.7. The maximum Gasteiger partial charge on any atom is 0.231 e. The van der Waals surface area contributed by atoms with Crippen LogP contribution in [0.4, 0.5) is 5.13 Å². The van der Waals surface area contributed by atoms with Gasteiger partial charge in [0, 0.05) is 18.5 Å². The number of piperidine rings is 1. The van der Waals surface area contributed by atoms with Gasteiger partial charge in [0.15, 0.2) is 5.13 Å². The van der Waals surface area contributed by atoms with Crippen LogP contribution in [0.3, 0.4) is 0 Å². The lowest BCUT2D eigenvalue weighted by atomic mass is 10.1.